The van der Waals surface area contributed by atoms with Crippen molar-refractivity contribution in [1.82, 2.24) is 0 Å². The Morgan fingerprint density at radius 1 is 1.07 bits per heavy atom. The predicted molar refractivity (Wildman–Crippen MR) is 112 cm³/mol. The molecule has 6 nitrogen and oxygen atoms in total. The molecule has 0 spiro atoms. The van der Waals surface area contributed by atoms with Gasteiger partial charge in [0, 0.05) is 44.7 Å². The molecule has 0 amide bonds. The highest BCUT2D eigenvalue weighted by atomic mass is 16.5. The average molecular weight is 383 g/mol. The molecule has 0 bridgehead atoms. The van der Waals surface area contributed by atoms with Crippen molar-refractivity contribution in [3.8, 4) is 11.5 Å². The van der Waals surface area contributed by atoms with Crippen molar-refractivity contribution in [1.29, 1.82) is 0 Å². The molecule has 0 aromatic heterocycles. The molecule has 0 saturated carbocycles. The van der Waals surface area contributed by atoms with E-state index in [1.165, 1.54) is 0 Å². The second kappa shape index (κ2) is 11.3. The topological polar surface area (TPSA) is 78.1 Å². The van der Waals surface area contributed by atoms with Gasteiger partial charge in [-0.15, -0.1) is 0 Å². The van der Waals surface area contributed by atoms with Crippen molar-refractivity contribution in [2.75, 3.05) is 38.3 Å². The molecule has 0 atom stereocenters. The Labute approximate surface area is 166 Å². The predicted octanol–water partition coefficient (Wildman–Crippen LogP) is 4.04. The second-order valence-electron chi connectivity index (χ2n) is 6.82. The summed E-state index contributed by atoms with van der Waals surface area (Å²) >= 11 is 0. The maximum absolute atomic E-state index is 5.98. The maximum atomic E-state index is 5.98. The molecule has 2 aromatic rings. The lowest BCUT2D eigenvalue weighted by Gasteiger charge is -2.21. The second-order valence-corrected chi connectivity index (χ2v) is 6.82. The van der Waals surface area contributed by atoms with Crippen molar-refractivity contribution < 1.29 is 14.2 Å². The quantitative estimate of drug-likeness (QED) is 0.388. The molecule has 0 unspecified atom stereocenters. The van der Waals surface area contributed by atoms with E-state index in [0.717, 1.165) is 56.3 Å². The van der Waals surface area contributed by atoms with Crippen LogP contribution in [0.1, 0.15) is 19.3 Å². The molecule has 6 heteroatoms. The summed E-state index contributed by atoms with van der Waals surface area (Å²) in [6.07, 6.45) is 3.05. The van der Waals surface area contributed by atoms with Crippen molar-refractivity contribution in [3.63, 3.8) is 0 Å². The minimum absolute atomic E-state index is 0.390. The van der Waals surface area contributed by atoms with Crippen molar-refractivity contribution in [2.24, 2.45) is 16.6 Å². The zero-order valence-electron chi connectivity index (χ0n) is 16.2. The summed E-state index contributed by atoms with van der Waals surface area (Å²) in [6.45, 7) is 3.87. The Morgan fingerprint density at radius 2 is 1.86 bits per heavy atom. The molecule has 3 rings (SSSR count). The first-order valence-electron chi connectivity index (χ1n) is 9.85. The van der Waals surface area contributed by atoms with Gasteiger partial charge in [0.05, 0.1) is 0 Å². The van der Waals surface area contributed by atoms with Gasteiger partial charge in [0.2, 0.25) is 0 Å². The molecule has 1 aliphatic rings. The molecule has 3 N–H and O–H groups in total. The highest BCUT2D eigenvalue weighted by Crippen LogP contribution is 2.23. The number of hydrogen-bond acceptors (Lipinski definition) is 4. The van der Waals surface area contributed by atoms with Crippen LogP contribution < -0.4 is 15.8 Å². The smallest absolute Gasteiger partial charge is 0.193 e. The third-order valence-corrected chi connectivity index (χ3v) is 4.51. The van der Waals surface area contributed by atoms with Gasteiger partial charge in [0.15, 0.2) is 5.96 Å². The van der Waals surface area contributed by atoms with E-state index in [-0.39, 0.29) is 0 Å². The summed E-state index contributed by atoms with van der Waals surface area (Å²) in [5.74, 6) is 2.56. The van der Waals surface area contributed by atoms with E-state index in [1.54, 1.807) is 0 Å². The largest absolute Gasteiger partial charge is 0.457 e. The fraction of sp³-hybridized carbons (Fsp3) is 0.409. The molecule has 1 heterocycles. The van der Waals surface area contributed by atoms with Crippen LogP contribution in [0, 0.1) is 5.92 Å². The van der Waals surface area contributed by atoms with Crippen molar-refractivity contribution in [2.45, 2.75) is 19.3 Å². The normalized spacial score (nSPS) is 15.4. The molecule has 1 saturated heterocycles. The van der Waals surface area contributed by atoms with Crippen LogP contribution in [0.3, 0.4) is 0 Å². The van der Waals surface area contributed by atoms with Gasteiger partial charge in [-0.3, -0.25) is 4.99 Å². The fourth-order valence-electron chi connectivity index (χ4n) is 2.98. The highest BCUT2D eigenvalue weighted by molar-refractivity contribution is 5.92. The SMILES string of the molecule is NC(=NCCCOCC1CCOCC1)Nc1cccc(Oc2ccccc2)c1. The van der Waals surface area contributed by atoms with E-state index in [4.69, 9.17) is 19.9 Å². The number of rotatable bonds is 9. The monoisotopic (exact) mass is 383 g/mol. The highest BCUT2D eigenvalue weighted by Gasteiger charge is 2.13. The zero-order valence-corrected chi connectivity index (χ0v) is 16.2. The first-order chi connectivity index (χ1) is 13.8. The molecule has 0 aliphatic carbocycles. The van der Waals surface area contributed by atoms with Gasteiger partial charge in [-0.2, -0.15) is 0 Å². The molecule has 0 radical (unpaired) electrons. The number of ether oxygens (including phenoxy) is 3. The van der Waals surface area contributed by atoms with Gasteiger partial charge in [0.25, 0.3) is 0 Å². The molecule has 2 aromatic carbocycles. The lowest BCUT2D eigenvalue weighted by atomic mass is 10.0. The van der Waals surface area contributed by atoms with Gasteiger partial charge in [0.1, 0.15) is 11.5 Å². The van der Waals surface area contributed by atoms with E-state index in [1.807, 2.05) is 54.6 Å². The number of nitrogens with two attached hydrogens (primary N) is 1. The first kappa shape index (κ1) is 20.2. The van der Waals surface area contributed by atoms with Crippen LogP contribution >= 0.6 is 0 Å². The fourth-order valence-corrected chi connectivity index (χ4v) is 2.98. The Bertz CT molecular complexity index is 731. The number of aliphatic imine (C=N–C) groups is 1. The Morgan fingerprint density at radius 3 is 2.68 bits per heavy atom. The summed E-state index contributed by atoms with van der Waals surface area (Å²) < 4.78 is 16.9. The number of nitrogens with zero attached hydrogens (tertiary/aromatic N) is 1. The van der Waals surface area contributed by atoms with E-state index in [9.17, 15) is 0 Å². The molecule has 28 heavy (non-hydrogen) atoms. The standard InChI is InChI=1S/C22H29N3O3/c23-22(24-12-5-13-27-17-18-10-14-26-15-11-18)25-19-6-4-9-21(16-19)28-20-7-2-1-3-8-20/h1-4,6-9,16,18H,5,10-15,17H2,(H3,23,24,25). The van der Waals surface area contributed by atoms with Gasteiger partial charge < -0.3 is 25.3 Å². The number of nitrogens with one attached hydrogen (secondary N) is 1. The summed E-state index contributed by atoms with van der Waals surface area (Å²) in [5.41, 5.74) is 6.82. The molecular formula is C22H29N3O3. The summed E-state index contributed by atoms with van der Waals surface area (Å²) in [6, 6.07) is 17.3. The van der Waals surface area contributed by atoms with Crippen LogP contribution in [-0.4, -0.2) is 38.9 Å². The summed E-state index contributed by atoms with van der Waals surface area (Å²) in [7, 11) is 0. The lowest BCUT2D eigenvalue weighted by molar-refractivity contribution is 0.0205. The molecular weight excluding hydrogens is 354 g/mol. The van der Waals surface area contributed by atoms with Crippen LogP contribution in [0.15, 0.2) is 59.6 Å². The number of guanidine groups is 1. The van der Waals surface area contributed by atoms with Crippen molar-refractivity contribution in [3.05, 3.63) is 54.6 Å². The number of para-hydroxylation sites is 1. The van der Waals surface area contributed by atoms with Gasteiger partial charge in [-0.05, 0) is 49.4 Å². The van der Waals surface area contributed by atoms with Crippen LogP contribution in [-0.2, 0) is 9.47 Å². The van der Waals surface area contributed by atoms with E-state index < -0.39 is 0 Å². The van der Waals surface area contributed by atoms with Crippen LogP contribution in [0.2, 0.25) is 0 Å². The first-order valence-corrected chi connectivity index (χ1v) is 9.85. The van der Waals surface area contributed by atoms with Gasteiger partial charge in [-0.25, -0.2) is 0 Å². The van der Waals surface area contributed by atoms with Crippen LogP contribution in [0.4, 0.5) is 5.69 Å². The Balaban J connectivity index is 1.36. The van der Waals surface area contributed by atoms with E-state index >= 15 is 0 Å². The van der Waals surface area contributed by atoms with Gasteiger partial charge in [-0.1, -0.05) is 24.3 Å². The Hall–Kier alpha value is -2.57. The number of hydrogen-bond donors (Lipinski definition) is 2. The summed E-state index contributed by atoms with van der Waals surface area (Å²) in [4.78, 5) is 4.36. The third kappa shape index (κ3) is 7.21. The third-order valence-electron chi connectivity index (χ3n) is 4.51. The minimum Gasteiger partial charge on any atom is -0.457 e. The van der Waals surface area contributed by atoms with Crippen molar-refractivity contribution >= 4 is 11.6 Å². The van der Waals surface area contributed by atoms with E-state index in [0.29, 0.717) is 25.0 Å². The molecule has 1 fully saturated rings. The average Bonchev–Trinajstić information content (AvgIpc) is 2.72. The molecule has 150 valence electrons. The van der Waals surface area contributed by atoms with Gasteiger partial charge >= 0.3 is 0 Å². The van der Waals surface area contributed by atoms with Crippen LogP contribution in [0.25, 0.3) is 0 Å². The molecule has 1 aliphatic heterocycles. The van der Waals surface area contributed by atoms with E-state index in [2.05, 4.69) is 10.3 Å². The minimum atomic E-state index is 0.390. The summed E-state index contributed by atoms with van der Waals surface area (Å²) in [5, 5.41) is 3.10. The zero-order chi connectivity index (χ0) is 19.4. The van der Waals surface area contributed by atoms with Crippen LogP contribution in [0.5, 0.6) is 11.5 Å². The maximum Gasteiger partial charge on any atom is 0.193 e. The lowest BCUT2D eigenvalue weighted by Crippen LogP contribution is -2.23. The Kier molecular flexibility index (Phi) is 8.15. The number of anilines is 1. The number of benzene rings is 2.